The fourth-order valence-corrected chi connectivity index (χ4v) is 2.50. The highest BCUT2D eigenvalue weighted by Crippen LogP contribution is 2.23. The molecule has 4 N–H and O–H groups in total. The maximum absolute atomic E-state index is 11.7. The minimum Gasteiger partial charge on any atom is -0.369 e. The molecule has 3 rings (SSSR count). The van der Waals surface area contributed by atoms with Crippen LogP contribution in [0.2, 0.25) is 5.02 Å². The Labute approximate surface area is 145 Å². The molecular weight excluding hydrogens is 393 g/mol. The van der Waals surface area contributed by atoms with Gasteiger partial charge in [-0.05, 0) is 40.0 Å². The summed E-state index contributed by atoms with van der Waals surface area (Å²) in [4.78, 5) is 25.4. The zero-order valence-corrected chi connectivity index (χ0v) is 14.3. The predicted molar refractivity (Wildman–Crippen MR) is 92.7 cm³/mol. The summed E-state index contributed by atoms with van der Waals surface area (Å²) in [6, 6.07) is 5.79. The van der Waals surface area contributed by atoms with Crippen LogP contribution in [0, 0.1) is 0 Å². The van der Waals surface area contributed by atoms with Crippen LogP contribution in [0.3, 0.4) is 0 Å². The zero-order valence-electron chi connectivity index (χ0n) is 11.2. The van der Waals surface area contributed by atoms with E-state index in [1.165, 1.54) is 0 Å². The largest absolute Gasteiger partial charge is 0.369 e. The highest BCUT2D eigenvalue weighted by atomic mass is 79.9. The van der Waals surface area contributed by atoms with Crippen LogP contribution < -0.4 is 11.3 Å². The van der Waals surface area contributed by atoms with E-state index >= 15 is 0 Å². The van der Waals surface area contributed by atoms with Crippen LogP contribution >= 0.6 is 39.9 Å². The molecule has 0 aliphatic carbocycles. The van der Waals surface area contributed by atoms with E-state index in [-0.39, 0.29) is 23.9 Å². The first-order chi connectivity index (χ1) is 10.0. The quantitative estimate of drug-likeness (QED) is 0.624. The van der Waals surface area contributed by atoms with Crippen LogP contribution in [0.4, 0.5) is 5.95 Å². The number of anilines is 1. The standard InChI is InChI=1S/C13H11BrClN5O.ClH/c14-7-3-1-6(5-8(7)15)2-4-9-17-10-11(18-9)19-13(16)20-12(10)21;/h1,3,5H,2,4H2,(H4,16,17,18,19,20,21);1H. The van der Waals surface area contributed by atoms with Gasteiger partial charge in [-0.3, -0.25) is 9.78 Å². The van der Waals surface area contributed by atoms with Gasteiger partial charge in [0.25, 0.3) is 5.56 Å². The Morgan fingerprint density at radius 1 is 1.23 bits per heavy atom. The molecule has 116 valence electrons. The van der Waals surface area contributed by atoms with Gasteiger partial charge in [0.15, 0.2) is 11.2 Å². The van der Waals surface area contributed by atoms with E-state index in [0.717, 1.165) is 16.5 Å². The maximum atomic E-state index is 11.7. The summed E-state index contributed by atoms with van der Waals surface area (Å²) in [6.07, 6.45) is 1.40. The number of hydrogen-bond donors (Lipinski definition) is 3. The van der Waals surface area contributed by atoms with E-state index < -0.39 is 0 Å². The second-order valence-electron chi connectivity index (χ2n) is 4.58. The molecule has 0 spiro atoms. The maximum Gasteiger partial charge on any atom is 0.278 e. The molecule has 0 bridgehead atoms. The third-order valence-corrected chi connectivity index (χ3v) is 4.30. The van der Waals surface area contributed by atoms with Crippen molar-refractivity contribution in [1.82, 2.24) is 19.9 Å². The number of aromatic amines is 2. The van der Waals surface area contributed by atoms with Crippen molar-refractivity contribution >= 4 is 57.1 Å². The Balaban J connectivity index is 0.00000176. The molecule has 0 atom stereocenters. The lowest BCUT2D eigenvalue weighted by atomic mass is 10.1. The minimum absolute atomic E-state index is 0. The third-order valence-electron chi connectivity index (χ3n) is 3.06. The second-order valence-corrected chi connectivity index (χ2v) is 5.84. The number of nitrogens with two attached hydrogens (primary N) is 1. The normalized spacial score (nSPS) is 10.6. The summed E-state index contributed by atoms with van der Waals surface area (Å²) >= 11 is 9.41. The molecule has 0 unspecified atom stereocenters. The average molecular weight is 405 g/mol. The lowest BCUT2D eigenvalue weighted by Crippen LogP contribution is -2.10. The first kappa shape index (κ1) is 16.8. The van der Waals surface area contributed by atoms with Gasteiger partial charge in [-0.15, -0.1) is 12.4 Å². The first-order valence-corrected chi connectivity index (χ1v) is 7.38. The van der Waals surface area contributed by atoms with E-state index in [9.17, 15) is 4.79 Å². The van der Waals surface area contributed by atoms with Crippen molar-refractivity contribution in [2.45, 2.75) is 12.8 Å². The van der Waals surface area contributed by atoms with Gasteiger partial charge in [-0.25, -0.2) is 4.98 Å². The molecule has 1 aromatic carbocycles. The number of aryl methyl sites for hydroxylation is 2. The van der Waals surface area contributed by atoms with E-state index in [0.29, 0.717) is 28.4 Å². The SMILES string of the molecule is Cl.Nc1nc2nc(CCc3ccc(Br)c(Cl)c3)[nH]c2c(=O)[nH]1. The lowest BCUT2D eigenvalue weighted by Gasteiger charge is -2.01. The van der Waals surface area contributed by atoms with Crippen molar-refractivity contribution in [2.75, 3.05) is 5.73 Å². The predicted octanol–water partition coefficient (Wildman–Crippen LogP) is 2.85. The average Bonchev–Trinajstić information content (AvgIpc) is 2.83. The van der Waals surface area contributed by atoms with Crippen LogP contribution in [0.5, 0.6) is 0 Å². The Morgan fingerprint density at radius 2 is 2.00 bits per heavy atom. The molecule has 22 heavy (non-hydrogen) atoms. The molecule has 0 saturated carbocycles. The number of nitrogen functional groups attached to an aromatic ring is 1. The summed E-state index contributed by atoms with van der Waals surface area (Å²) in [5, 5.41) is 0.669. The number of halogens is 3. The molecule has 0 amide bonds. The molecule has 6 nitrogen and oxygen atoms in total. The van der Waals surface area contributed by atoms with Crippen LogP contribution in [-0.4, -0.2) is 19.9 Å². The topological polar surface area (TPSA) is 100 Å². The van der Waals surface area contributed by atoms with Gasteiger partial charge in [0.2, 0.25) is 5.95 Å². The van der Waals surface area contributed by atoms with E-state index in [4.69, 9.17) is 17.3 Å². The number of H-pyrrole nitrogens is 2. The summed E-state index contributed by atoms with van der Waals surface area (Å²) in [6.45, 7) is 0. The van der Waals surface area contributed by atoms with Gasteiger partial charge in [0.05, 0.1) is 5.02 Å². The van der Waals surface area contributed by atoms with Crippen molar-refractivity contribution in [3.63, 3.8) is 0 Å². The van der Waals surface area contributed by atoms with Gasteiger partial charge in [-0.1, -0.05) is 17.7 Å². The molecular formula is C13H12BrCl2N5O. The monoisotopic (exact) mass is 403 g/mol. The molecule has 2 heterocycles. The number of nitrogens with zero attached hydrogens (tertiary/aromatic N) is 2. The molecule has 0 radical (unpaired) electrons. The number of fused-ring (bicyclic) bond motifs is 1. The molecule has 0 aliphatic rings. The molecule has 9 heteroatoms. The fourth-order valence-electron chi connectivity index (χ4n) is 2.05. The van der Waals surface area contributed by atoms with E-state index in [2.05, 4.69) is 35.9 Å². The first-order valence-electron chi connectivity index (χ1n) is 6.21. The summed E-state index contributed by atoms with van der Waals surface area (Å²) in [5.74, 6) is 0.748. The molecule has 0 saturated heterocycles. The van der Waals surface area contributed by atoms with Crippen LogP contribution in [0.15, 0.2) is 27.5 Å². The highest BCUT2D eigenvalue weighted by molar-refractivity contribution is 9.10. The van der Waals surface area contributed by atoms with Gasteiger partial charge in [0, 0.05) is 10.9 Å². The Kier molecular flexibility index (Phi) is 5.10. The highest BCUT2D eigenvalue weighted by Gasteiger charge is 2.09. The van der Waals surface area contributed by atoms with Gasteiger partial charge in [-0.2, -0.15) is 4.98 Å². The van der Waals surface area contributed by atoms with Gasteiger partial charge >= 0.3 is 0 Å². The van der Waals surface area contributed by atoms with Crippen molar-refractivity contribution in [3.05, 3.63) is 49.4 Å². The summed E-state index contributed by atoms with van der Waals surface area (Å²) in [5.41, 5.74) is 6.94. The van der Waals surface area contributed by atoms with Crippen molar-refractivity contribution < 1.29 is 0 Å². The van der Waals surface area contributed by atoms with Gasteiger partial charge < -0.3 is 10.7 Å². The number of hydrogen-bond acceptors (Lipinski definition) is 4. The third kappa shape index (κ3) is 3.43. The zero-order chi connectivity index (χ0) is 15.0. The van der Waals surface area contributed by atoms with Crippen molar-refractivity contribution in [1.29, 1.82) is 0 Å². The van der Waals surface area contributed by atoms with E-state index in [1.54, 1.807) is 0 Å². The number of rotatable bonds is 3. The molecule has 2 aromatic heterocycles. The number of nitrogens with one attached hydrogen (secondary N) is 2. The van der Waals surface area contributed by atoms with Crippen LogP contribution in [-0.2, 0) is 12.8 Å². The Morgan fingerprint density at radius 3 is 2.73 bits per heavy atom. The molecule has 0 fully saturated rings. The fraction of sp³-hybridized carbons (Fsp3) is 0.154. The van der Waals surface area contributed by atoms with Crippen LogP contribution in [0.25, 0.3) is 11.2 Å². The Hall–Kier alpha value is -1.57. The second kappa shape index (κ2) is 6.68. The number of imidazole rings is 1. The van der Waals surface area contributed by atoms with Crippen molar-refractivity contribution in [2.24, 2.45) is 0 Å². The number of benzene rings is 1. The lowest BCUT2D eigenvalue weighted by molar-refractivity contribution is 0.888. The van der Waals surface area contributed by atoms with Crippen LogP contribution in [0.1, 0.15) is 11.4 Å². The van der Waals surface area contributed by atoms with Gasteiger partial charge in [0.1, 0.15) is 5.82 Å². The van der Waals surface area contributed by atoms with E-state index in [1.807, 2.05) is 18.2 Å². The van der Waals surface area contributed by atoms with Crippen molar-refractivity contribution in [3.8, 4) is 0 Å². The smallest absolute Gasteiger partial charge is 0.278 e. The summed E-state index contributed by atoms with van der Waals surface area (Å²) in [7, 11) is 0. The minimum atomic E-state index is -0.317. The number of aromatic nitrogens is 4. The Bertz CT molecular complexity index is 876. The molecule has 0 aliphatic heterocycles. The summed E-state index contributed by atoms with van der Waals surface area (Å²) < 4.78 is 0.864. The molecule has 3 aromatic rings.